The number of benzene rings is 1. The Morgan fingerprint density at radius 2 is 1.85 bits per heavy atom. The fraction of sp³-hybridized carbons (Fsp3) is 0.100. The van der Waals surface area contributed by atoms with E-state index in [1.807, 2.05) is 0 Å². The summed E-state index contributed by atoms with van der Waals surface area (Å²) < 4.78 is 10.6. The number of carbonyl (C=O) groups is 3. The molecule has 1 aliphatic rings. The van der Waals surface area contributed by atoms with Gasteiger partial charge in [0.15, 0.2) is 5.76 Å². The third-order valence-corrected chi connectivity index (χ3v) is 4.36. The molecule has 0 radical (unpaired) electrons. The summed E-state index contributed by atoms with van der Waals surface area (Å²) in [5, 5.41) is 2.71. The molecule has 0 bridgehead atoms. The monoisotopic (exact) mass is 362 g/mol. The zero-order valence-electron chi connectivity index (χ0n) is 14.5. The number of hydrogen-bond donors (Lipinski definition) is 1. The van der Waals surface area contributed by atoms with E-state index in [4.69, 9.17) is 9.15 Å². The van der Waals surface area contributed by atoms with Crippen LogP contribution in [0.3, 0.4) is 0 Å². The molecule has 2 aromatic heterocycles. The molecule has 1 N–H and O–H groups in total. The number of aryl methyl sites for hydroxylation is 1. The predicted octanol–water partition coefficient (Wildman–Crippen LogP) is 3.02. The topological polar surface area (TPSA) is 98.5 Å². The lowest BCUT2D eigenvalue weighted by atomic mass is 9.89. The van der Waals surface area contributed by atoms with E-state index in [1.165, 1.54) is 12.3 Å². The molecule has 1 amide bonds. The van der Waals surface area contributed by atoms with Crippen molar-refractivity contribution >= 4 is 23.2 Å². The summed E-state index contributed by atoms with van der Waals surface area (Å²) in [6.07, 6.45) is 1.43. The Kier molecular flexibility index (Phi) is 3.84. The summed E-state index contributed by atoms with van der Waals surface area (Å²) >= 11 is 0. The number of aromatic nitrogens is 1. The largest absolute Gasteiger partial charge is 0.497 e. The van der Waals surface area contributed by atoms with Crippen LogP contribution in [0.2, 0.25) is 0 Å². The van der Waals surface area contributed by atoms with Gasteiger partial charge in [-0.2, -0.15) is 0 Å². The number of amides is 1. The number of ether oxygens (including phenoxy) is 1. The van der Waals surface area contributed by atoms with Crippen LogP contribution in [0.15, 0.2) is 47.0 Å². The molecule has 1 aliphatic carbocycles. The maximum absolute atomic E-state index is 12.9. The molecular formula is C20H14N2O5. The van der Waals surface area contributed by atoms with E-state index in [0.717, 1.165) is 0 Å². The van der Waals surface area contributed by atoms with E-state index in [-0.39, 0.29) is 33.9 Å². The lowest BCUT2D eigenvalue weighted by Gasteiger charge is -2.13. The van der Waals surface area contributed by atoms with Crippen LogP contribution in [-0.4, -0.2) is 29.6 Å². The molecule has 4 rings (SSSR count). The first-order chi connectivity index (χ1) is 13.0. The number of furan rings is 1. The van der Waals surface area contributed by atoms with E-state index in [0.29, 0.717) is 11.4 Å². The zero-order chi connectivity index (χ0) is 19.1. The second-order valence-corrected chi connectivity index (χ2v) is 5.98. The molecule has 0 saturated heterocycles. The number of carbonyl (C=O) groups excluding carboxylic acids is 3. The molecule has 1 aromatic carbocycles. The van der Waals surface area contributed by atoms with E-state index >= 15 is 0 Å². The number of nitrogens with one attached hydrogen (secondary N) is 1. The van der Waals surface area contributed by atoms with Gasteiger partial charge in [-0.25, -0.2) is 0 Å². The molecule has 0 atom stereocenters. The number of methoxy groups -OCH3 is 1. The average Bonchev–Trinajstić information content (AvgIpc) is 3.04. The summed E-state index contributed by atoms with van der Waals surface area (Å²) in [4.78, 5) is 42.3. The summed E-state index contributed by atoms with van der Waals surface area (Å²) in [5.74, 6) is -0.786. The number of fused-ring (bicyclic) bond motifs is 2. The maximum atomic E-state index is 12.9. The van der Waals surface area contributed by atoms with Gasteiger partial charge in [-0.15, -0.1) is 0 Å². The maximum Gasteiger partial charge on any atom is 0.259 e. The summed E-state index contributed by atoms with van der Waals surface area (Å²) in [6, 6.07) is 9.82. The second kappa shape index (κ2) is 6.21. The summed E-state index contributed by atoms with van der Waals surface area (Å²) in [5.41, 5.74) is 0.702. The third kappa shape index (κ3) is 2.60. The fourth-order valence-corrected chi connectivity index (χ4v) is 3.07. The lowest BCUT2D eigenvalue weighted by molar-refractivity contribution is 0.0953. The van der Waals surface area contributed by atoms with E-state index in [9.17, 15) is 14.4 Å². The molecule has 0 aliphatic heterocycles. The van der Waals surface area contributed by atoms with Crippen LogP contribution >= 0.6 is 0 Å². The van der Waals surface area contributed by atoms with Crippen LogP contribution in [0.1, 0.15) is 48.3 Å². The van der Waals surface area contributed by atoms with Gasteiger partial charge in [-0.1, -0.05) is 0 Å². The van der Waals surface area contributed by atoms with Gasteiger partial charge in [-0.3, -0.25) is 19.4 Å². The van der Waals surface area contributed by atoms with E-state index in [2.05, 4.69) is 10.3 Å². The lowest BCUT2D eigenvalue weighted by Crippen LogP contribution is -2.24. The van der Waals surface area contributed by atoms with Crippen LogP contribution in [0.4, 0.5) is 5.69 Å². The van der Waals surface area contributed by atoms with Crippen molar-refractivity contribution in [2.75, 3.05) is 12.4 Å². The molecule has 0 unspecified atom stereocenters. The second-order valence-electron chi connectivity index (χ2n) is 5.98. The first-order valence-electron chi connectivity index (χ1n) is 8.14. The van der Waals surface area contributed by atoms with Crippen molar-refractivity contribution < 1.29 is 23.5 Å². The van der Waals surface area contributed by atoms with Crippen LogP contribution in [0.5, 0.6) is 5.75 Å². The number of nitrogens with zero attached hydrogens (tertiary/aromatic N) is 1. The van der Waals surface area contributed by atoms with Crippen molar-refractivity contribution in [2.45, 2.75) is 6.92 Å². The summed E-state index contributed by atoms with van der Waals surface area (Å²) in [7, 11) is 1.54. The normalized spacial score (nSPS) is 12.4. The molecule has 3 aromatic rings. The van der Waals surface area contributed by atoms with Crippen LogP contribution in [0.25, 0.3) is 0 Å². The first-order valence-corrected chi connectivity index (χ1v) is 8.14. The molecule has 134 valence electrons. The predicted molar refractivity (Wildman–Crippen MR) is 95.5 cm³/mol. The van der Waals surface area contributed by atoms with Crippen molar-refractivity contribution in [3.8, 4) is 5.75 Å². The van der Waals surface area contributed by atoms with Gasteiger partial charge in [0.1, 0.15) is 17.2 Å². The van der Waals surface area contributed by atoms with Gasteiger partial charge in [0.05, 0.1) is 23.8 Å². The van der Waals surface area contributed by atoms with Gasteiger partial charge >= 0.3 is 0 Å². The minimum Gasteiger partial charge on any atom is -0.497 e. The molecule has 27 heavy (non-hydrogen) atoms. The van der Waals surface area contributed by atoms with Gasteiger partial charge in [0, 0.05) is 11.9 Å². The summed E-state index contributed by atoms with van der Waals surface area (Å²) in [6.45, 7) is 1.54. The number of anilines is 1. The Balaban J connectivity index is 1.74. The van der Waals surface area contributed by atoms with Crippen LogP contribution in [0, 0.1) is 6.92 Å². The fourth-order valence-electron chi connectivity index (χ4n) is 3.07. The molecular weight excluding hydrogens is 348 g/mol. The molecule has 7 heteroatoms. The molecule has 0 saturated carbocycles. The van der Waals surface area contributed by atoms with Crippen LogP contribution < -0.4 is 10.1 Å². The first kappa shape index (κ1) is 16.7. The highest BCUT2D eigenvalue weighted by Crippen LogP contribution is 2.32. The van der Waals surface area contributed by atoms with Crippen molar-refractivity contribution in [3.05, 3.63) is 76.5 Å². The highest BCUT2D eigenvalue weighted by molar-refractivity contribution is 6.30. The molecule has 0 spiro atoms. The van der Waals surface area contributed by atoms with Crippen molar-refractivity contribution in [2.24, 2.45) is 0 Å². The highest BCUT2D eigenvalue weighted by atomic mass is 16.5. The third-order valence-electron chi connectivity index (χ3n) is 4.36. The van der Waals surface area contributed by atoms with E-state index in [1.54, 1.807) is 44.4 Å². The van der Waals surface area contributed by atoms with Gasteiger partial charge in [-0.05, 0) is 43.3 Å². The van der Waals surface area contributed by atoms with Gasteiger partial charge < -0.3 is 14.5 Å². The molecule has 7 nitrogen and oxygen atoms in total. The highest BCUT2D eigenvalue weighted by Gasteiger charge is 2.39. The number of ketones is 2. The Hall–Kier alpha value is -3.74. The Morgan fingerprint density at radius 3 is 2.56 bits per heavy atom. The Bertz CT molecular complexity index is 1100. The Morgan fingerprint density at radius 1 is 1.11 bits per heavy atom. The number of rotatable bonds is 3. The smallest absolute Gasteiger partial charge is 0.259 e. The molecule has 2 heterocycles. The van der Waals surface area contributed by atoms with Crippen molar-refractivity contribution in [1.29, 1.82) is 0 Å². The minimum absolute atomic E-state index is 0.0225. The SMILES string of the molecule is COc1ccc(NC(=O)c2c(C)oc3c2C(=O)c2ncccc2C3=O)cc1. The quantitative estimate of drug-likeness (QED) is 0.601. The molecule has 0 fully saturated rings. The van der Waals surface area contributed by atoms with Crippen molar-refractivity contribution in [3.63, 3.8) is 0 Å². The zero-order valence-corrected chi connectivity index (χ0v) is 14.5. The minimum atomic E-state index is -0.539. The Labute approximate surface area is 154 Å². The van der Waals surface area contributed by atoms with Crippen LogP contribution in [-0.2, 0) is 0 Å². The van der Waals surface area contributed by atoms with E-state index < -0.39 is 17.5 Å². The number of pyridine rings is 1. The van der Waals surface area contributed by atoms with Gasteiger partial charge in [0.2, 0.25) is 11.6 Å². The average molecular weight is 362 g/mol. The van der Waals surface area contributed by atoms with Crippen molar-refractivity contribution in [1.82, 2.24) is 4.98 Å². The van der Waals surface area contributed by atoms with Gasteiger partial charge in [0.25, 0.3) is 5.91 Å². The standard InChI is InChI=1S/C20H14N2O5/c1-10-14(20(25)22-11-5-7-12(26-2)8-6-11)15-18(24)16-13(4-3-9-21-16)17(23)19(15)27-10/h3-9H,1-2H3,(H,22,25). The number of hydrogen-bond acceptors (Lipinski definition) is 6.